The highest BCUT2D eigenvalue weighted by Gasteiger charge is 2.02. The summed E-state index contributed by atoms with van der Waals surface area (Å²) >= 11 is 0. The first-order valence-electron chi connectivity index (χ1n) is 4.47. The normalized spacial score (nSPS) is 10.5. The van der Waals surface area contributed by atoms with Crippen molar-refractivity contribution in [3.8, 4) is 0 Å². The molecule has 12 heavy (non-hydrogen) atoms. The smallest absolute Gasteiger partial charge is 0.101 e. The lowest BCUT2D eigenvalue weighted by Crippen LogP contribution is -2.36. The molecule has 0 saturated carbocycles. The molecule has 0 aliphatic rings. The van der Waals surface area contributed by atoms with Crippen LogP contribution < -0.4 is 5.11 Å². The van der Waals surface area contributed by atoms with Gasteiger partial charge < -0.3 is 14.7 Å². The Morgan fingerprint density at radius 2 is 1.75 bits per heavy atom. The van der Waals surface area contributed by atoms with Gasteiger partial charge >= 0.3 is 0 Å². The minimum atomic E-state index is 0.0938. The number of likely N-dealkylation sites (N-methyl/N-ethyl adjacent to an activating group) is 1. The lowest BCUT2D eigenvalue weighted by molar-refractivity contribution is -0.870. The molecule has 76 valence electrons. The fraction of sp³-hybridized carbons (Fsp3) is 1.00. The first kappa shape index (κ1) is 14.4. The van der Waals surface area contributed by atoms with Gasteiger partial charge in [0.25, 0.3) is 0 Å². The molecule has 0 spiro atoms. The summed E-state index contributed by atoms with van der Waals surface area (Å²) in [6, 6.07) is 0. The van der Waals surface area contributed by atoms with E-state index < -0.39 is 0 Å². The summed E-state index contributed by atoms with van der Waals surface area (Å²) in [5, 5.41) is 17.9. The van der Waals surface area contributed by atoms with Gasteiger partial charge in [-0.3, -0.25) is 0 Å². The van der Waals surface area contributed by atoms with Crippen LogP contribution in [0.4, 0.5) is 0 Å². The summed E-state index contributed by atoms with van der Waals surface area (Å²) in [5.74, 6) is 0. The molecule has 0 atom stereocenters. The van der Waals surface area contributed by atoms with E-state index in [0.717, 1.165) is 23.9 Å². The third-order valence-electron chi connectivity index (χ3n) is 1.27. The fourth-order valence-corrected chi connectivity index (χ4v) is 0.444. The molecule has 0 radical (unpaired) electrons. The van der Waals surface area contributed by atoms with Gasteiger partial charge in [-0.15, -0.1) is 6.61 Å². The molecule has 0 rings (SSSR count). The highest BCUT2D eigenvalue weighted by molar-refractivity contribution is 4.21. The van der Waals surface area contributed by atoms with Crippen LogP contribution in [0.25, 0.3) is 0 Å². The number of quaternary nitrogens is 1. The first-order valence-corrected chi connectivity index (χ1v) is 4.47. The largest absolute Gasteiger partial charge is 0.854 e. The summed E-state index contributed by atoms with van der Waals surface area (Å²) < 4.78 is 0.844. The van der Waals surface area contributed by atoms with Crippen LogP contribution in [0.15, 0.2) is 0 Å². The lowest BCUT2D eigenvalue weighted by atomic mass is 10.4. The maximum Gasteiger partial charge on any atom is 0.101 e. The van der Waals surface area contributed by atoms with E-state index in [1.165, 1.54) is 0 Å². The van der Waals surface area contributed by atoms with Gasteiger partial charge in [0, 0.05) is 0 Å². The fourth-order valence-electron chi connectivity index (χ4n) is 0.444. The van der Waals surface area contributed by atoms with E-state index in [-0.39, 0.29) is 13.2 Å². The maximum atomic E-state index is 9.53. The molecular formula is C9H23NO2. The molecule has 0 fully saturated rings. The number of hydrogen-bond acceptors (Lipinski definition) is 2. The van der Waals surface area contributed by atoms with Gasteiger partial charge in [0.2, 0.25) is 0 Å². The van der Waals surface area contributed by atoms with Crippen molar-refractivity contribution in [1.29, 1.82) is 0 Å². The minimum absolute atomic E-state index is 0.0938. The highest BCUT2D eigenvalue weighted by Crippen LogP contribution is 1.84. The van der Waals surface area contributed by atoms with Crippen LogP contribution >= 0.6 is 0 Å². The van der Waals surface area contributed by atoms with Crippen LogP contribution in [0.1, 0.15) is 19.8 Å². The average molecular weight is 177 g/mol. The number of rotatable bonds is 4. The molecule has 0 heterocycles. The van der Waals surface area contributed by atoms with E-state index in [0.29, 0.717) is 0 Å². The molecule has 3 heteroatoms. The van der Waals surface area contributed by atoms with Crippen molar-refractivity contribution in [2.75, 3.05) is 40.9 Å². The Morgan fingerprint density at radius 1 is 1.25 bits per heavy atom. The molecule has 0 aromatic rings. The van der Waals surface area contributed by atoms with E-state index in [1.807, 2.05) is 6.92 Å². The number of aliphatic hydroxyl groups is 1. The zero-order valence-corrected chi connectivity index (χ0v) is 8.84. The number of nitrogens with zero attached hydrogens (tertiary/aromatic N) is 1. The molecule has 0 unspecified atom stereocenters. The van der Waals surface area contributed by atoms with Crippen LogP contribution in [0.2, 0.25) is 0 Å². The predicted molar refractivity (Wildman–Crippen MR) is 49.8 cm³/mol. The van der Waals surface area contributed by atoms with Crippen LogP contribution in [0.5, 0.6) is 0 Å². The van der Waals surface area contributed by atoms with Crippen molar-refractivity contribution >= 4 is 0 Å². The van der Waals surface area contributed by atoms with Crippen molar-refractivity contribution in [2.24, 2.45) is 0 Å². The number of hydrogen-bond donors (Lipinski definition) is 1. The molecular weight excluding hydrogens is 154 g/mol. The van der Waals surface area contributed by atoms with Gasteiger partial charge in [0.05, 0.1) is 27.7 Å². The second-order valence-electron chi connectivity index (χ2n) is 3.80. The van der Waals surface area contributed by atoms with Crippen LogP contribution in [0, 0.1) is 0 Å². The van der Waals surface area contributed by atoms with E-state index in [4.69, 9.17) is 5.11 Å². The van der Waals surface area contributed by atoms with Crippen molar-refractivity contribution in [2.45, 2.75) is 19.8 Å². The predicted octanol–water partition coefficient (Wildman–Crippen LogP) is -0.168. The summed E-state index contributed by atoms with van der Waals surface area (Å²) in [6.07, 6.45) is 1.86. The monoisotopic (exact) mass is 177 g/mol. The third kappa shape index (κ3) is 22.5. The quantitative estimate of drug-likeness (QED) is 0.606. The summed E-state index contributed by atoms with van der Waals surface area (Å²) in [7, 11) is 6.16. The zero-order valence-electron chi connectivity index (χ0n) is 8.84. The Morgan fingerprint density at radius 3 is 1.75 bits per heavy atom. The van der Waals surface area contributed by atoms with Crippen molar-refractivity contribution < 1.29 is 14.7 Å². The summed E-state index contributed by atoms with van der Waals surface area (Å²) in [4.78, 5) is 0. The molecule has 0 aromatic carbocycles. The van der Waals surface area contributed by atoms with Gasteiger partial charge in [-0.05, 0) is 0 Å². The molecule has 3 nitrogen and oxygen atoms in total. The van der Waals surface area contributed by atoms with Gasteiger partial charge in [-0.25, -0.2) is 0 Å². The van der Waals surface area contributed by atoms with Crippen LogP contribution in [-0.2, 0) is 0 Å². The molecule has 0 aromatic heterocycles. The second-order valence-corrected chi connectivity index (χ2v) is 3.80. The Balaban J connectivity index is 0. The topological polar surface area (TPSA) is 43.3 Å². The number of aliphatic hydroxyl groups excluding tert-OH is 1. The van der Waals surface area contributed by atoms with Crippen LogP contribution in [-0.4, -0.2) is 50.5 Å². The highest BCUT2D eigenvalue weighted by atomic mass is 16.3. The van der Waals surface area contributed by atoms with Crippen molar-refractivity contribution in [1.82, 2.24) is 0 Å². The Labute approximate surface area is 76.2 Å². The Hall–Kier alpha value is -0.120. The van der Waals surface area contributed by atoms with Gasteiger partial charge in [0.15, 0.2) is 0 Å². The second kappa shape index (κ2) is 8.97. The first-order chi connectivity index (χ1) is 5.47. The number of unbranched alkanes of at least 4 members (excludes halogenated alkanes) is 1. The summed E-state index contributed by atoms with van der Waals surface area (Å²) in [6.45, 7) is 3.22. The van der Waals surface area contributed by atoms with E-state index in [9.17, 15) is 5.11 Å². The summed E-state index contributed by atoms with van der Waals surface area (Å²) in [5.41, 5.74) is 0. The molecule has 0 bridgehead atoms. The van der Waals surface area contributed by atoms with Gasteiger partial charge in [-0.1, -0.05) is 19.8 Å². The molecule has 0 aliphatic heterocycles. The lowest BCUT2D eigenvalue weighted by Gasteiger charge is -2.21. The standard InChI is InChI=1S/C5H14NO.C4H9O/c1-6(2,3)4-5-7;1-2-3-4-5/h7H,4-5H2,1-3H3;2-4H2,1H3/q+1;-1. The Bertz CT molecular complexity index is 77.1. The minimum Gasteiger partial charge on any atom is -0.854 e. The molecule has 0 saturated heterocycles. The third-order valence-corrected chi connectivity index (χ3v) is 1.27. The van der Waals surface area contributed by atoms with Crippen LogP contribution in [0.3, 0.4) is 0 Å². The van der Waals surface area contributed by atoms with Gasteiger partial charge in [0.1, 0.15) is 6.54 Å². The molecule has 1 N–H and O–H groups in total. The van der Waals surface area contributed by atoms with E-state index in [2.05, 4.69) is 21.1 Å². The van der Waals surface area contributed by atoms with E-state index >= 15 is 0 Å². The maximum absolute atomic E-state index is 9.53. The zero-order chi connectivity index (χ0) is 10.0. The average Bonchev–Trinajstić information content (AvgIpc) is 1.87. The van der Waals surface area contributed by atoms with Crippen molar-refractivity contribution in [3.05, 3.63) is 0 Å². The van der Waals surface area contributed by atoms with E-state index in [1.54, 1.807) is 0 Å². The SMILES string of the molecule is CCCC[O-].C[N+](C)(C)CCO. The molecule has 0 amide bonds. The van der Waals surface area contributed by atoms with Gasteiger partial charge in [-0.2, -0.15) is 0 Å². The molecule has 0 aliphatic carbocycles. The van der Waals surface area contributed by atoms with Crippen molar-refractivity contribution in [3.63, 3.8) is 0 Å². The Kier molecular flexibility index (Phi) is 10.8.